The Morgan fingerprint density at radius 2 is 1.18 bits per heavy atom. The van der Waals surface area contributed by atoms with E-state index in [4.69, 9.17) is 9.90 Å². The highest BCUT2D eigenvalue weighted by atomic mass is 16.3. The van der Waals surface area contributed by atoms with E-state index in [1.165, 1.54) is 0 Å². The first kappa shape index (κ1) is 20.8. The van der Waals surface area contributed by atoms with Crippen LogP contribution < -0.4 is 0 Å². The lowest BCUT2D eigenvalue weighted by Gasteiger charge is -2.12. The van der Waals surface area contributed by atoms with E-state index in [0.717, 1.165) is 77.1 Å². The second-order valence-electron chi connectivity index (χ2n) is 11.5. The number of para-hydroxylation sites is 3. The highest BCUT2D eigenvalue weighted by Gasteiger charge is 2.19. The molecule has 3 nitrogen and oxygen atoms in total. The first-order valence-corrected chi connectivity index (χ1v) is 15.0. The number of nitrogens with zero attached hydrogens (tertiary/aromatic N) is 2. The molecule has 0 aliphatic heterocycles. The summed E-state index contributed by atoms with van der Waals surface area (Å²) in [5.41, 5.74) is 9.01. The van der Waals surface area contributed by atoms with Gasteiger partial charge in [0.1, 0.15) is 11.2 Å². The maximum Gasteiger partial charge on any atom is 0.137 e. The van der Waals surface area contributed by atoms with Crippen LogP contribution in [0.2, 0.25) is 0 Å². The van der Waals surface area contributed by atoms with Crippen molar-refractivity contribution in [3.63, 3.8) is 0 Å². The van der Waals surface area contributed by atoms with Gasteiger partial charge in [-0.2, -0.15) is 0 Å². The van der Waals surface area contributed by atoms with Gasteiger partial charge < -0.3 is 13.6 Å². The average Bonchev–Trinajstić information content (AvgIpc) is 3.81. The molecule has 45 heavy (non-hydrogen) atoms. The van der Waals surface area contributed by atoms with Crippen molar-refractivity contribution < 1.29 is 9.90 Å². The van der Waals surface area contributed by atoms with Crippen molar-refractivity contribution in [2.45, 2.75) is 0 Å². The van der Waals surface area contributed by atoms with Crippen molar-refractivity contribution in [3.8, 4) is 22.5 Å². The number of hydrogen-bond donors (Lipinski definition) is 0. The summed E-state index contributed by atoms with van der Waals surface area (Å²) >= 11 is 0. The van der Waals surface area contributed by atoms with Crippen LogP contribution in [0, 0.1) is 0 Å². The number of aromatic nitrogens is 2. The summed E-state index contributed by atoms with van der Waals surface area (Å²) in [6.45, 7) is 0. The highest BCUT2D eigenvalue weighted by molar-refractivity contribution is 6.15. The third-order valence-corrected chi connectivity index (χ3v) is 9.04. The summed E-state index contributed by atoms with van der Waals surface area (Å²) in [6.07, 6.45) is 0. The molecule has 7 aromatic carbocycles. The Morgan fingerprint density at radius 1 is 0.444 bits per heavy atom. The van der Waals surface area contributed by atoms with Gasteiger partial charge in [0.05, 0.1) is 38.6 Å². The van der Waals surface area contributed by atoms with E-state index in [1.54, 1.807) is 0 Å². The van der Waals surface area contributed by atoms with Gasteiger partial charge >= 0.3 is 0 Å². The number of fused-ring (bicyclic) bond motifs is 9. The Labute approximate surface area is 264 Å². The lowest BCUT2D eigenvalue weighted by atomic mass is 10.0. The van der Waals surface area contributed by atoms with Crippen molar-refractivity contribution in [1.29, 1.82) is 0 Å². The van der Waals surface area contributed by atoms with Crippen LogP contribution in [0.5, 0.6) is 0 Å². The van der Waals surface area contributed by atoms with Crippen LogP contribution in [0.1, 0.15) is 5.48 Å². The number of hydrogen-bond acceptors (Lipinski definition) is 1. The zero-order valence-corrected chi connectivity index (χ0v) is 24.0. The second-order valence-corrected chi connectivity index (χ2v) is 11.5. The minimum Gasteiger partial charge on any atom is -0.456 e. The molecule has 0 aliphatic carbocycles. The lowest BCUT2D eigenvalue weighted by Crippen LogP contribution is -1.97. The second kappa shape index (κ2) is 9.22. The maximum atomic E-state index is 8.98. The average molecular weight is 579 g/mol. The maximum absolute atomic E-state index is 8.98. The largest absolute Gasteiger partial charge is 0.456 e. The molecule has 0 spiro atoms. The molecule has 3 aromatic heterocycles. The van der Waals surface area contributed by atoms with Crippen molar-refractivity contribution in [3.05, 3.63) is 158 Å². The molecule has 0 aliphatic rings. The van der Waals surface area contributed by atoms with Gasteiger partial charge in [0, 0.05) is 32.6 Å². The van der Waals surface area contributed by atoms with Crippen molar-refractivity contribution in [2.75, 3.05) is 0 Å². The summed E-state index contributed by atoms with van der Waals surface area (Å²) < 4.78 is 45.4. The zero-order chi connectivity index (χ0) is 33.0. The number of rotatable bonds is 3. The fraction of sp³-hybridized carbons (Fsp3) is 0. The molecular formula is C42H26N2O. The molecule has 0 N–H and O–H groups in total. The van der Waals surface area contributed by atoms with E-state index in [1.807, 2.05) is 53.1 Å². The van der Waals surface area contributed by atoms with Gasteiger partial charge in [-0.3, -0.25) is 0 Å². The Morgan fingerprint density at radius 3 is 2.04 bits per heavy atom. The molecule has 0 atom stereocenters. The third-order valence-electron chi connectivity index (χ3n) is 9.04. The van der Waals surface area contributed by atoms with Crippen molar-refractivity contribution in [1.82, 2.24) is 9.13 Å². The van der Waals surface area contributed by atoms with Crippen LogP contribution in [-0.4, -0.2) is 9.13 Å². The Balaban J connectivity index is 1.31. The van der Waals surface area contributed by atoms with Gasteiger partial charge in [0.2, 0.25) is 0 Å². The molecule has 10 rings (SSSR count). The molecule has 0 saturated carbocycles. The monoisotopic (exact) mass is 578 g/mol. The summed E-state index contributed by atoms with van der Waals surface area (Å²) in [4.78, 5) is 0. The minimum absolute atomic E-state index is 0.0328. The van der Waals surface area contributed by atoms with E-state index >= 15 is 0 Å². The minimum atomic E-state index is -0.245. The van der Waals surface area contributed by atoms with Gasteiger partial charge in [-0.15, -0.1) is 0 Å². The molecule has 3 heteroatoms. The van der Waals surface area contributed by atoms with E-state index < -0.39 is 0 Å². The molecular weight excluding hydrogens is 548 g/mol. The lowest BCUT2D eigenvalue weighted by molar-refractivity contribution is 0.669. The quantitative estimate of drug-likeness (QED) is 0.204. The van der Waals surface area contributed by atoms with Crippen LogP contribution >= 0.6 is 0 Å². The molecule has 0 radical (unpaired) electrons. The molecule has 210 valence electrons. The van der Waals surface area contributed by atoms with Gasteiger partial charge in [-0.1, -0.05) is 103 Å². The van der Waals surface area contributed by atoms with Crippen molar-refractivity contribution in [2.24, 2.45) is 0 Å². The number of benzene rings is 7. The highest BCUT2D eigenvalue weighted by Crippen LogP contribution is 2.41. The van der Waals surface area contributed by atoms with Crippen LogP contribution in [0.25, 0.3) is 88.1 Å². The predicted octanol–water partition coefficient (Wildman–Crippen LogP) is 11.4. The summed E-state index contributed by atoms with van der Waals surface area (Å²) in [7, 11) is 0. The van der Waals surface area contributed by atoms with Gasteiger partial charge in [-0.05, 0) is 65.7 Å². The van der Waals surface area contributed by atoms with E-state index in [0.29, 0.717) is 10.9 Å². The predicted molar refractivity (Wildman–Crippen MR) is 188 cm³/mol. The van der Waals surface area contributed by atoms with E-state index in [-0.39, 0.29) is 24.2 Å². The van der Waals surface area contributed by atoms with Crippen LogP contribution in [-0.2, 0) is 0 Å². The smallest absolute Gasteiger partial charge is 0.137 e. The van der Waals surface area contributed by atoms with E-state index in [2.05, 4.69) is 89.5 Å². The summed E-state index contributed by atoms with van der Waals surface area (Å²) in [6, 6.07) is 44.8. The first-order chi connectivity index (χ1) is 24.0. The Kier molecular flexibility index (Phi) is 4.26. The molecule has 0 amide bonds. The SMILES string of the molecule is [2H]c1c([2H])c([2H])c2c(c1[2H])c1ccccc1n2-c1ccc2c3ccccc3n(-c3cccc4oc5ccc(-c6ccccc6)cc5c34)c2c1. The third kappa shape index (κ3) is 3.46. The fourth-order valence-corrected chi connectivity index (χ4v) is 7.10. The van der Waals surface area contributed by atoms with E-state index in [9.17, 15) is 0 Å². The normalized spacial score (nSPS) is 13.2. The van der Waals surface area contributed by atoms with Crippen LogP contribution in [0.15, 0.2) is 162 Å². The zero-order valence-electron chi connectivity index (χ0n) is 28.0. The van der Waals surface area contributed by atoms with Gasteiger partial charge in [-0.25, -0.2) is 0 Å². The van der Waals surface area contributed by atoms with Crippen LogP contribution in [0.3, 0.4) is 0 Å². The molecule has 0 unspecified atom stereocenters. The molecule has 10 aromatic rings. The molecule has 3 heterocycles. The first-order valence-electron chi connectivity index (χ1n) is 17.0. The van der Waals surface area contributed by atoms with Crippen molar-refractivity contribution >= 4 is 65.6 Å². The molecule has 0 bridgehead atoms. The Hall–Kier alpha value is -6.06. The molecule has 0 fully saturated rings. The summed E-state index contributed by atoms with van der Waals surface area (Å²) in [5.74, 6) is 0. The topological polar surface area (TPSA) is 23.0 Å². The Bertz CT molecular complexity index is 2990. The van der Waals surface area contributed by atoms with Crippen LogP contribution in [0.4, 0.5) is 0 Å². The standard InChI is InChI=1S/C42H26N2O/c1-2-11-27(12-3-1)28-21-24-40-34(25-28)42-38(19-10-20-41(42)45-40)44-37-18-9-6-15-32(37)33-23-22-29(26-39(33)44)43-35-16-7-4-13-30(35)31-14-5-8-17-36(31)43/h1-26H/i4D,7D,13D,16D. The number of furan rings is 1. The van der Waals surface area contributed by atoms with Gasteiger partial charge in [0.15, 0.2) is 0 Å². The summed E-state index contributed by atoms with van der Waals surface area (Å²) in [5, 5.41) is 5.56. The van der Waals surface area contributed by atoms with Gasteiger partial charge in [0.25, 0.3) is 0 Å². The molecule has 0 saturated heterocycles. The fourth-order valence-electron chi connectivity index (χ4n) is 7.10.